The SMILES string of the molecule is Cc1cn(C)c([C@H]2CCCN(Cc3cccc4[nH]ccc34)C2)n1. The number of aromatic nitrogens is 3. The molecule has 3 aromatic rings. The van der Waals surface area contributed by atoms with Crippen molar-refractivity contribution in [2.24, 2.45) is 7.05 Å². The van der Waals surface area contributed by atoms with Gasteiger partial charge >= 0.3 is 0 Å². The third-order valence-electron chi connectivity index (χ3n) is 4.98. The van der Waals surface area contributed by atoms with Gasteiger partial charge in [-0.05, 0) is 44.0 Å². The van der Waals surface area contributed by atoms with Gasteiger partial charge in [0.2, 0.25) is 0 Å². The van der Waals surface area contributed by atoms with E-state index in [1.54, 1.807) is 0 Å². The first-order valence-corrected chi connectivity index (χ1v) is 8.48. The van der Waals surface area contributed by atoms with E-state index in [0.29, 0.717) is 5.92 Å². The number of hydrogen-bond donors (Lipinski definition) is 1. The van der Waals surface area contributed by atoms with Crippen LogP contribution in [0.3, 0.4) is 0 Å². The lowest BCUT2D eigenvalue weighted by atomic mass is 9.96. The molecule has 120 valence electrons. The molecule has 1 N–H and O–H groups in total. The summed E-state index contributed by atoms with van der Waals surface area (Å²) in [7, 11) is 2.12. The lowest BCUT2D eigenvalue weighted by molar-refractivity contribution is 0.196. The van der Waals surface area contributed by atoms with Crippen LogP contribution in [0.15, 0.2) is 36.7 Å². The van der Waals surface area contributed by atoms with Gasteiger partial charge in [-0.2, -0.15) is 0 Å². The minimum atomic E-state index is 0.549. The van der Waals surface area contributed by atoms with E-state index >= 15 is 0 Å². The summed E-state index contributed by atoms with van der Waals surface area (Å²) in [5.74, 6) is 1.79. The third kappa shape index (κ3) is 2.79. The van der Waals surface area contributed by atoms with Crippen molar-refractivity contribution in [3.8, 4) is 0 Å². The van der Waals surface area contributed by atoms with Gasteiger partial charge in [0.05, 0.1) is 5.69 Å². The zero-order valence-electron chi connectivity index (χ0n) is 13.9. The maximum atomic E-state index is 4.75. The number of H-pyrrole nitrogens is 1. The number of aryl methyl sites for hydroxylation is 2. The minimum absolute atomic E-state index is 0.549. The molecule has 23 heavy (non-hydrogen) atoms. The van der Waals surface area contributed by atoms with Crippen LogP contribution < -0.4 is 0 Å². The van der Waals surface area contributed by atoms with Crippen molar-refractivity contribution < 1.29 is 0 Å². The number of rotatable bonds is 3. The van der Waals surface area contributed by atoms with Crippen LogP contribution in [-0.2, 0) is 13.6 Å². The van der Waals surface area contributed by atoms with Gasteiger partial charge in [-0.3, -0.25) is 4.90 Å². The second kappa shape index (κ2) is 5.85. The van der Waals surface area contributed by atoms with Crippen molar-refractivity contribution in [3.05, 3.63) is 53.7 Å². The highest BCUT2D eigenvalue weighted by Gasteiger charge is 2.24. The van der Waals surface area contributed by atoms with E-state index in [9.17, 15) is 0 Å². The summed E-state index contributed by atoms with van der Waals surface area (Å²) in [6, 6.07) is 8.74. The molecule has 4 heteroatoms. The van der Waals surface area contributed by atoms with E-state index in [-0.39, 0.29) is 0 Å². The molecule has 0 unspecified atom stereocenters. The Morgan fingerprint density at radius 3 is 3.04 bits per heavy atom. The molecular formula is C19H24N4. The fourth-order valence-electron chi connectivity index (χ4n) is 3.95. The lowest BCUT2D eigenvalue weighted by Crippen LogP contribution is -2.34. The summed E-state index contributed by atoms with van der Waals surface area (Å²) in [6.07, 6.45) is 6.66. The topological polar surface area (TPSA) is 36.9 Å². The summed E-state index contributed by atoms with van der Waals surface area (Å²) in [5, 5.41) is 1.35. The molecule has 1 fully saturated rings. The zero-order valence-corrected chi connectivity index (χ0v) is 13.9. The number of fused-ring (bicyclic) bond motifs is 1. The molecule has 0 spiro atoms. The van der Waals surface area contributed by atoms with Crippen LogP contribution in [0, 0.1) is 6.92 Å². The second-order valence-electron chi connectivity index (χ2n) is 6.78. The number of hydrogen-bond acceptors (Lipinski definition) is 2. The lowest BCUT2D eigenvalue weighted by Gasteiger charge is -2.32. The smallest absolute Gasteiger partial charge is 0.113 e. The molecule has 0 radical (unpaired) electrons. The summed E-state index contributed by atoms with van der Waals surface area (Å²) in [4.78, 5) is 10.6. The number of aromatic amines is 1. The van der Waals surface area contributed by atoms with E-state index < -0.39 is 0 Å². The normalized spacial score (nSPS) is 19.5. The predicted octanol–water partition coefficient (Wildman–Crippen LogP) is 3.59. The molecule has 3 heterocycles. The molecule has 1 atom stereocenters. The Morgan fingerprint density at radius 2 is 2.22 bits per heavy atom. The molecule has 1 aliphatic heterocycles. The number of piperidine rings is 1. The average molecular weight is 308 g/mol. The van der Waals surface area contributed by atoms with Crippen LogP contribution in [-0.4, -0.2) is 32.5 Å². The average Bonchev–Trinajstić information content (AvgIpc) is 3.14. The molecule has 1 aromatic carbocycles. The number of likely N-dealkylation sites (tertiary alicyclic amines) is 1. The van der Waals surface area contributed by atoms with Gasteiger partial charge < -0.3 is 9.55 Å². The van der Waals surface area contributed by atoms with Crippen molar-refractivity contribution in [2.45, 2.75) is 32.2 Å². The van der Waals surface area contributed by atoms with Crippen molar-refractivity contribution in [1.29, 1.82) is 0 Å². The molecule has 0 aliphatic carbocycles. The van der Waals surface area contributed by atoms with Gasteiger partial charge in [0.1, 0.15) is 5.82 Å². The Morgan fingerprint density at radius 1 is 1.30 bits per heavy atom. The monoisotopic (exact) mass is 308 g/mol. The molecule has 0 bridgehead atoms. The number of nitrogens with zero attached hydrogens (tertiary/aromatic N) is 3. The van der Waals surface area contributed by atoms with E-state index in [2.05, 4.69) is 58.9 Å². The first-order chi connectivity index (χ1) is 11.2. The molecule has 2 aromatic heterocycles. The highest BCUT2D eigenvalue weighted by Crippen LogP contribution is 2.28. The highest BCUT2D eigenvalue weighted by molar-refractivity contribution is 5.82. The van der Waals surface area contributed by atoms with Crippen LogP contribution in [0.2, 0.25) is 0 Å². The van der Waals surface area contributed by atoms with E-state index in [1.165, 1.54) is 41.7 Å². The number of benzene rings is 1. The van der Waals surface area contributed by atoms with Gasteiger partial charge in [0.25, 0.3) is 0 Å². The molecular weight excluding hydrogens is 284 g/mol. The highest BCUT2D eigenvalue weighted by atomic mass is 15.1. The van der Waals surface area contributed by atoms with E-state index in [0.717, 1.165) is 18.8 Å². The Labute approximate surface area is 137 Å². The third-order valence-corrected chi connectivity index (χ3v) is 4.98. The molecule has 1 saturated heterocycles. The predicted molar refractivity (Wildman–Crippen MR) is 93.5 cm³/mol. The van der Waals surface area contributed by atoms with Gasteiger partial charge in [-0.25, -0.2) is 4.98 Å². The maximum Gasteiger partial charge on any atom is 0.113 e. The van der Waals surface area contributed by atoms with Crippen molar-refractivity contribution in [1.82, 2.24) is 19.4 Å². The summed E-state index contributed by atoms with van der Waals surface area (Å²) in [5.41, 5.74) is 3.77. The quantitative estimate of drug-likeness (QED) is 0.803. The first kappa shape index (κ1) is 14.5. The van der Waals surface area contributed by atoms with Crippen LogP contribution in [0.25, 0.3) is 10.9 Å². The Kier molecular flexibility index (Phi) is 3.69. The van der Waals surface area contributed by atoms with Crippen molar-refractivity contribution in [2.75, 3.05) is 13.1 Å². The van der Waals surface area contributed by atoms with Crippen LogP contribution in [0.5, 0.6) is 0 Å². The largest absolute Gasteiger partial charge is 0.361 e. The molecule has 0 saturated carbocycles. The molecule has 0 amide bonds. The van der Waals surface area contributed by atoms with Crippen LogP contribution >= 0.6 is 0 Å². The second-order valence-corrected chi connectivity index (χ2v) is 6.78. The van der Waals surface area contributed by atoms with Gasteiger partial charge in [-0.15, -0.1) is 0 Å². The van der Waals surface area contributed by atoms with E-state index in [1.807, 2.05) is 6.20 Å². The Bertz CT molecular complexity index is 814. The first-order valence-electron chi connectivity index (χ1n) is 8.48. The standard InChI is InChI=1S/C19H24N4/c1-14-11-22(2)19(21-14)16-6-4-10-23(13-16)12-15-5-3-7-18-17(15)8-9-20-18/h3,5,7-9,11,16,20H,4,6,10,12-13H2,1-2H3/t16-/m0/s1. The Hall–Kier alpha value is -2.07. The fourth-order valence-corrected chi connectivity index (χ4v) is 3.95. The summed E-state index contributed by atoms with van der Waals surface area (Å²) < 4.78 is 2.20. The maximum absolute atomic E-state index is 4.75. The van der Waals surface area contributed by atoms with Crippen LogP contribution in [0.4, 0.5) is 0 Å². The zero-order chi connectivity index (χ0) is 15.8. The molecule has 4 rings (SSSR count). The summed E-state index contributed by atoms with van der Waals surface area (Å²) >= 11 is 0. The van der Waals surface area contributed by atoms with Gasteiger partial charge in [-0.1, -0.05) is 12.1 Å². The molecule has 1 aliphatic rings. The number of nitrogens with one attached hydrogen (secondary N) is 1. The van der Waals surface area contributed by atoms with Gasteiger partial charge in [0, 0.05) is 49.4 Å². The van der Waals surface area contributed by atoms with Crippen molar-refractivity contribution in [3.63, 3.8) is 0 Å². The summed E-state index contributed by atoms with van der Waals surface area (Å²) in [6.45, 7) is 5.39. The van der Waals surface area contributed by atoms with E-state index in [4.69, 9.17) is 4.98 Å². The minimum Gasteiger partial charge on any atom is -0.361 e. The molecule has 4 nitrogen and oxygen atoms in total. The Balaban J connectivity index is 1.53. The van der Waals surface area contributed by atoms with Gasteiger partial charge in [0.15, 0.2) is 0 Å². The fraction of sp³-hybridized carbons (Fsp3) is 0.421. The number of imidazole rings is 1. The van der Waals surface area contributed by atoms with Crippen LogP contribution in [0.1, 0.15) is 35.8 Å². The van der Waals surface area contributed by atoms with Crippen molar-refractivity contribution >= 4 is 10.9 Å².